The lowest BCUT2D eigenvalue weighted by Crippen LogP contribution is -2.00. The SMILES string of the molecule is O=C(O)c1cc(OCCc2ccccc2)cs1. The average molecular weight is 248 g/mol. The highest BCUT2D eigenvalue weighted by Gasteiger charge is 2.07. The van der Waals surface area contributed by atoms with Gasteiger partial charge in [0.2, 0.25) is 0 Å². The van der Waals surface area contributed by atoms with Gasteiger partial charge in [-0.3, -0.25) is 0 Å². The van der Waals surface area contributed by atoms with E-state index in [-0.39, 0.29) is 0 Å². The average Bonchev–Trinajstić information content (AvgIpc) is 2.79. The minimum Gasteiger partial charge on any atom is -0.492 e. The lowest BCUT2D eigenvalue weighted by molar-refractivity contribution is 0.0702. The van der Waals surface area contributed by atoms with Gasteiger partial charge in [-0.15, -0.1) is 11.3 Å². The molecular formula is C13H12O3S. The number of ether oxygens (including phenoxy) is 1. The molecule has 2 aromatic rings. The molecule has 0 fully saturated rings. The van der Waals surface area contributed by atoms with Crippen LogP contribution in [0.4, 0.5) is 0 Å². The number of carboxylic acids is 1. The van der Waals surface area contributed by atoms with Gasteiger partial charge in [0.25, 0.3) is 0 Å². The maximum absolute atomic E-state index is 10.7. The summed E-state index contributed by atoms with van der Waals surface area (Å²) in [5.74, 6) is -0.281. The molecule has 0 spiro atoms. The van der Waals surface area contributed by atoms with Crippen molar-refractivity contribution in [2.45, 2.75) is 6.42 Å². The molecule has 2 rings (SSSR count). The summed E-state index contributed by atoms with van der Waals surface area (Å²) in [6.45, 7) is 0.555. The van der Waals surface area contributed by atoms with Gasteiger partial charge in [-0.2, -0.15) is 0 Å². The molecule has 4 heteroatoms. The Morgan fingerprint density at radius 2 is 2.06 bits per heavy atom. The van der Waals surface area contributed by atoms with E-state index < -0.39 is 5.97 Å². The molecule has 0 radical (unpaired) electrons. The van der Waals surface area contributed by atoms with Crippen molar-refractivity contribution in [1.29, 1.82) is 0 Å². The number of thiophene rings is 1. The smallest absolute Gasteiger partial charge is 0.346 e. The predicted octanol–water partition coefficient (Wildman–Crippen LogP) is 3.07. The number of hydrogen-bond donors (Lipinski definition) is 1. The highest BCUT2D eigenvalue weighted by molar-refractivity contribution is 7.12. The molecule has 1 N–H and O–H groups in total. The molecule has 1 heterocycles. The Balaban J connectivity index is 1.84. The van der Waals surface area contributed by atoms with Crippen LogP contribution in [0, 0.1) is 0 Å². The predicted molar refractivity (Wildman–Crippen MR) is 66.9 cm³/mol. The van der Waals surface area contributed by atoms with Gasteiger partial charge in [-0.25, -0.2) is 4.79 Å². The summed E-state index contributed by atoms with van der Waals surface area (Å²) in [7, 11) is 0. The molecular weight excluding hydrogens is 236 g/mol. The Bertz CT molecular complexity index is 490. The number of carbonyl (C=O) groups is 1. The molecule has 0 unspecified atom stereocenters. The summed E-state index contributed by atoms with van der Waals surface area (Å²) >= 11 is 1.18. The fourth-order valence-corrected chi connectivity index (χ4v) is 2.10. The van der Waals surface area contributed by atoms with E-state index in [0.29, 0.717) is 17.2 Å². The van der Waals surface area contributed by atoms with E-state index in [2.05, 4.69) is 0 Å². The fraction of sp³-hybridized carbons (Fsp3) is 0.154. The highest BCUT2D eigenvalue weighted by Crippen LogP contribution is 2.21. The molecule has 1 aromatic carbocycles. The van der Waals surface area contributed by atoms with Crippen molar-refractivity contribution in [3.63, 3.8) is 0 Å². The van der Waals surface area contributed by atoms with E-state index in [0.717, 1.165) is 6.42 Å². The van der Waals surface area contributed by atoms with Gasteiger partial charge >= 0.3 is 5.97 Å². The minimum atomic E-state index is -0.909. The van der Waals surface area contributed by atoms with E-state index in [4.69, 9.17) is 9.84 Å². The Morgan fingerprint density at radius 1 is 1.29 bits per heavy atom. The first-order chi connectivity index (χ1) is 8.25. The molecule has 88 valence electrons. The van der Waals surface area contributed by atoms with Crippen LogP contribution in [0.1, 0.15) is 15.2 Å². The normalized spacial score (nSPS) is 10.1. The number of carboxylic acid groups (broad SMARTS) is 1. The molecule has 0 amide bonds. The van der Waals surface area contributed by atoms with Crippen LogP contribution in [0.3, 0.4) is 0 Å². The standard InChI is InChI=1S/C13H12O3S/c14-13(15)12-8-11(9-17-12)16-7-6-10-4-2-1-3-5-10/h1-5,8-9H,6-7H2,(H,14,15). The summed E-state index contributed by atoms with van der Waals surface area (Å²) in [5, 5.41) is 10.5. The van der Waals surface area contributed by atoms with Gasteiger partial charge in [-0.1, -0.05) is 30.3 Å². The zero-order valence-electron chi connectivity index (χ0n) is 9.13. The van der Waals surface area contributed by atoms with Crippen LogP contribution in [0.5, 0.6) is 5.75 Å². The number of rotatable bonds is 5. The Hall–Kier alpha value is -1.81. The molecule has 0 aliphatic rings. The monoisotopic (exact) mass is 248 g/mol. The number of aromatic carboxylic acids is 1. The molecule has 0 atom stereocenters. The van der Waals surface area contributed by atoms with E-state index in [1.807, 2.05) is 30.3 Å². The van der Waals surface area contributed by atoms with E-state index in [1.54, 1.807) is 11.4 Å². The molecule has 17 heavy (non-hydrogen) atoms. The van der Waals surface area contributed by atoms with Gasteiger partial charge in [-0.05, 0) is 5.56 Å². The molecule has 0 saturated carbocycles. The second-order valence-electron chi connectivity index (χ2n) is 3.54. The molecule has 3 nitrogen and oxygen atoms in total. The van der Waals surface area contributed by atoms with Crippen LogP contribution in [0.2, 0.25) is 0 Å². The molecule has 0 aliphatic carbocycles. The van der Waals surface area contributed by atoms with Gasteiger partial charge < -0.3 is 9.84 Å². The van der Waals surface area contributed by atoms with Crippen molar-refractivity contribution in [2.24, 2.45) is 0 Å². The summed E-state index contributed by atoms with van der Waals surface area (Å²) in [5.41, 5.74) is 1.21. The van der Waals surface area contributed by atoms with Gasteiger partial charge in [0.05, 0.1) is 6.61 Å². The zero-order chi connectivity index (χ0) is 12.1. The lowest BCUT2D eigenvalue weighted by Gasteiger charge is -2.03. The second-order valence-corrected chi connectivity index (χ2v) is 4.45. The third kappa shape index (κ3) is 3.32. The fourth-order valence-electron chi connectivity index (χ4n) is 1.44. The van der Waals surface area contributed by atoms with Crippen molar-refractivity contribution in [1.82, 2.24) is 0 Å². The zero-order valence-corrected chi connectivity index (χ0v) is 9.94. The van der Waals surface area contributed by atoms with Crippen molar-refractivity contribution in [3.8, 4) is 5.75 Å². The first kappa shape index (κ1) is 11.7. The minimum absolute atomic E-state index is 0.305. The van der Waals surface area contributed by atoms with E-state index >= 15 is 0 Å². The van der Waals surface area contributed by atoms with Crippen LogP contribution < -0.4 is 4.74 Å². The Morgan fingerprint density at radius 3 is 2.71 bits per heavy atom. The van der Waals surface area contributed by atoms with Crippen molar-refractivity contribution < 1.29 is 14.6 Å². The largest absolute Gasteiger partial charge is 0.492 e. The maximum atomic E-state index is 10.7. The molecule has 0 saturated heterocycles. The number of hydrogen-bond acceptors (Lipinski definition) is 3. The van der Waals surface area contributed by atoms with Gasteiger partial charge in [0.1, 0.15) is 10.6 Å². The maximum Gasteiger partial charge on any atom is 0.346 e. The Labute approximate surface area is 103 Å². The third-order valence-corrected chi connectivity index (χ3v) is 3.19. The van der Waals surface area contributed by atoms with Crippen LogP contribution in [0.15, 0.2) is 41.8 Å². The van der Waals surface area contributed by atoms with Gasteiger partial charge in [0, 0.05) is 17.9 Å². The van der Waals surface area contributed by atoms with Crippen molar-refractivity contribution >= 4 is 17.3 Å². The first-order valence-electron chi connectivity index (χ1n) is 5.24. The second kappa shape index (κ2) is 5.50. The molecule has 0 aliphatic heterocycles. The van der Waals surface area contributed by atoms with Gasteiger partial charge in [0.15, 0.2) is 0 Å². The van der Waals surface area contributed by atoms with E-state index in [9.17, 15) is 4.79 Å². The molecule has 1 aromatic heterocycles. The van der Waals surface area contributed by atoms with Crippen molar-refractivity contribution in [3.05, 3.63) is 52.2 Å². The van der Waals surface area contributed by atoms with Crippen LogP contribution in [0.25, 0.3) is 0 Å². The Kier molecular flexibility index (Phi) is 3.77. The summed E-state index contributed by atoms with van der Waals surface area (Å²) in [6.07, 6.45) is 0.819. The lowest BCUT2D eigenvalue weighted by atomic mass is 10.2. The highest BCUT2D eigenvalue weighted by atomic mass is 32.1. The summed E-state index contributed by atoms with van der Waals surface area (Å²) in [4.78, 5) is 11.0. The van der Waals surface area contributed by atoms with Crippen molar-refractivity contribution in [2.75, 3.05) is 6.61 Å². The van der Waals surface area contributed by atoms with Crippen LogP contribution in [-0.4, -0.2) is 17.7 Å². The third-order valence-electron chi connectivity index (χ3n) is 2.29. The van der Waals surface area contributed by atoms with Crippen LogP contribution >= 0.6 is 11.3 Å². The van der Waals surface area contributed by atoms with E-state index in [1.165, 1.54) is 16.9 Å². The topological polar surface area (TPSA) is 46.5 Å². The summed E-state index contributed by atoms with van der Waals surface area (Å²) in [6, 6.07) is 11.6. The summed E-state index contributed by atoms with van der Waals surface area (Å²) < 4.78 is 5.49. The van der Waals surface area contributed by atoms with Crippen LogP contribution in [-0.2, 0) is 6.42 Å². The first-order valence-corrected chi connectivity index (χ1v) is 6.12. The number of benzene rings is 1. The molecule has 0 bridgehead atoms. The quantitative estimate of drug-likeness (QED) is 0.884.